The van der Waals surface area contributed by atoms with Crippen LogP contribution in [0.5, 0.6) is 5.75 Å². The summed E-state index contributed by atoms with van der Waals surface area (Å²) in [5.41, 5.74) is 2.90. The highest BCUT2D eigenvalue weighted by atomic mass is 79.9. The van der Waals surface area contributed by atoms with Crippen molar-refractivity contribution in [3.8, 4) is 16.9 Å². The first-order valence-electron chi connectivity index (χ1n) is 7.31. The summed E-state index contributed by atoms with van der Waals surface area (Å²) in [6, 6.07) is 9.27. The lowest BCUT2D eigenvalue weighted by Gasteiger charge is -2.06. The number of phenols is 1. The van der Waals surface area contributed by atoms with Gasteiger partial charge < -0.3 is 14.3 Å². The van der Waals surface area contributed by atoms with Gasteiger partial charge in [-0.05, 0) is 81.1 Å². The molecule has 2 aromatic carbocycles. The number of esters is 1. The average molecular weight is 454 g/mol. The highest BCUT2D eigenvalue weighted by Gasteiger charge is 2.19. The third kappa shape index (κ3) is 2.96. The Balaban J connectivity index is 2.12. The standard InChI is InChI=1S/C18H14Br2O4/c1-3-23-18(22)16-9(2)24-15-8-10(4-5-12(15)16)11-6-13(19)17(21)14(20)7-11/h4-8,21H,3H2,1-2H3. The molecule has 0 fully saturated rings. The van der Waals surface area contributed by atoms with Gasteiger partial charge in [-0.1, -0.05) is 6.07 Å². The van der Waals surface area contributed by atoms with Crippen LogP contribution in [0.1, 0.15) is 23.0 Å². The highest BCUT2D eigenvalue weighted by molar-refractivity contribution is 9.11. The Morgan fingerprint density at radius 2 is 1.83 bits per heavy atom. The number of hydrogen-bond donors (Lipinski definition) is 1. The first kappa shape index (κ1) is 17.0. The lowest BCUT2D eigenvalue weighted by Crippen LogP contribution is -2.05. The maximum Gasteiger partial charge on any atom is 0.342 e. The second-order valence-corrected chi connectivity index (χ2v) is 6.96. The van der Waals surface area contributed by atoms with Gasteiger partial charge in [-0.2, -0.15) is 0 Å². The number of aryl methyl sites for hydroxylation is 1. The molecule has 0 bridgehead atoms. The van der Waals surface area contributed by atoms with Gasteiger partial charge >= 0.3 is 5.97 Å². The molecule has 124 valence electrons. The van der Waals surface area contributed by atoms with Crippen LogP contribution in [-0.4, -0.2) is 17.7 Å². The van der Waals surface area contributed by atoms with Gasteiger partial charge in [0.25, 0.3) is 0 Å². The zero-order valence-electron chi connectivity index (χ0n) is 13.0. The molecule has 1 heterocycles. The molecule has 0 aliphatic carbocycles. The van der Waals surface area contributed by atoms with E-state index >= 15 is 0 Å². The van der Waals surface area contributed by atoms with Crippen LogP contribution in [0.4, 0.5) is 0 Å². The van der Waals surface area contributed by atoms with Gasteiger partial charge in [0.2, 0.25) is 0 Å². The molecule has 0 aliphatic heterocycles. The number of furan rings is 1. The van der Waals surface area contributed by atoms with E-state index in [0.717, 1.165) is 16.5 Å². The number of ether oxygens (including phenoxy) is 1. The molecule has 0 saturated heterocycles. The van der Waals surface area contributed by atoms with Gasteiger partial charge in [0.05, 0.1) is 15.6 Å². The van der Waals surface area contributed by atoms with Crippen molar-refractivity contribution in [1.82, 2.24) is 0 Å². The molecule has 0 unspecified atom stereocenters. The number of carbonyl (C=O) groups is 1. The van der Waals surface area contributed by atoms with E-state index in [4.69, 9.17) is 9.15 Å². The maximum absolute atomic E-state index is 12.1. The summed E-state index contributed by atoms with van der Waals surface area (Å²) in [4.78, 5) is 12.1. The number of carbonyl (C=O) groups excluding carboxylic acids is 1. The van der Waals surface area contributed by atoms with Gasteiger partial charge in [0, 0.05) is 5.39 Å². The molecule has 0 spiro atoms. The number of halogens is 2. The molecule has 3 rings (SSSR count). The van der Waals surface area contributed by atoms with Crippen LogP contribution < -0.4 is 0 Å². The number of phenolic OH excluding ortho intramolecular Hbond substituents is 1. The third-order valence-electron chi connectivity index (χ3n) is 3.70. The monoisotopic (exact) mass is 452 g/mol. The molecule has 0 aliphatic rings. The smallest absolute Gasteiger partial charge is 0.342 e. The van der Waals surface area contributed by atoms with Crippen molar-refractivity contribution >= 4 is 48.8 Å². The molecule has 0 amide bonds. The summed E-state index contributed by atoms with van der Waals surface area (Å²) in [7, 11) is 0. The SMILES string of the molecule is CCOC(=O)c1c(C)oc2cc(-c3cc(Br)c(O)c(Br)c3)ccc12. The molecule has 0 atom stereocenters. The predicted octanol–water partition coefficient (Wildman–Crippen LogP) is 5.82. The molecule has 1 N–H and O–H groups in total. The van der Waals surface area contributed by atoms with Gasteiger partial charge in [-0.25, -0.2) is 4.79 Å². The van der Waals surface area contributed by atoms with Crippen molar-refractivity contribution in [3.63, 3.8) is 0 Å². The average Bonchev–Trinajstić information content (AvgIpc) is 2.87. The van der Waals surface area contributed by atoms with E-state index in [1.807, 2.05) is 30.3 Å². The van der Waals surface area contributed by atoms with Crippen LogP contribution in [0.25, 0.3) is 22.1 Å². The molecule has 6 heteroatoms. The summed E-state index contributed by atoms with van der Waals surface area (Å²) in [5, 5.41) is 10.6. The summed E-state index contributed by atoms with van der Waals surface area (Å²) in [6.45, 7) is 3.84. The van der Waals surface area contributed by atoms with Crippen LogP contribution in [0.2, 0.25) is 0 Å². The van der Waals surface area contributed by atoms with E-state index in [0.29, 0.717) is 32.5 Å². The van der Waals surface area contributed by atoms with Gasteiger partial charge in [0.15, 0.2) is 0 Å². The van der Waals surface area contributed by atoms with E-state index in [-0.39, 0.29) is 11.7 Å². The molecule has 0 saturated carbocycles. The van der Waals surface area contributed by atoms with Crippen molar-refractivity contribution in [2.75, 3.05) is 6.61 Å². The van der Waals surface area contributed by atoms with Crippen LogP contribution in [0, 0.1) is 6.92 Å². The zero-order valence-corrected chi connectivity index (χ0v) is 16.2. The van der Waals surface area contributed by atoms with Crippen molar-refractivity contribution in [2.45, 2.75) is 13.8 Å². The molecule has 1 aromatic heterocycles. The maximum atomic E-state index is 12.1. The molecular formula is C18H14Br2O4. The van der Waals surface area contributed by atoms with E-state index < -0.39 is 0 Å². The van der Waals surface area contributed by atoms with Crippen LogP contribution in [-0.2, 0) is 4.74 Å². The Bertz CT molecular complexity index is 921. The van der Waals surface area contributed by atoms with Crippen molar-refractivity contribution in [2.24, 2.45) is 0 Å². The quantitative estimate of drug-likeness (QED) is 0.508. The Morgan fingerprint density at radius 1 is 1.17 bits per heavy atom. The lowest BCUT2D eigenvalue weighted by molar-refractivity contribution is 0.0526. The van der Waals surface area contributed by atoms with Crippen LogP contribution >= 0.6 is 31.9 Å². The summed E-state index contributed by atoms with van der Waals surface area (Å²) >= 11 is 6.66. The molecule has 24 heavy (non-hydrogen) atoms. The summed E-state index contributed by atoms with van der Waals surface area (Å²) in [6.07, 6.45) is 0. The number of hydrogen-bond acceptors (Lipinski definition) is 4. The first-order valence-corrected chi connectivity index (χ1v) is 8.89. The van der Waals surface area contributed by atoms with E-state index in [1.54, 1.807) is 13.8 Å². The van der Waals surface area contributed by atoms with E-state index in [2.05, 4.69) is 31.9 Å². The zero-order chi connectivity index (χ0) is 17.4. The number of rotatable bonds is 3. The van der Waals surface area contributed by atoms with Crippen LogP contribution in [0.3, 0.4) is 0 Å². The van der Waals surface area contributed by atoms with Gasteiger partial charge in [0.1, 0.15) is 22.7 Å². The van der Waals surface area contributed by atoms with Crippen LogP contribution in [0.15, 0.2) is 43.7 Å². The van der Waals surface area contributed by atoms with Gasteiger partial charge in [-0.3, -0.25) is 0 Å². The summed E-state index contributed by atoms with van der Waals surface area (Å²) in [5.74, 6) is 0.309. The Morgan fingerprint density at radius 3 is 2.46 bits per heavy atom. The normalized spacial score (nSPS) is 11.0. The van der Waals surface area contributed by atoms with Crippen molar-refractivity contribution in [1.29, 1.82) is 0 Å². The largest absolute Gasteiger partial charge is 0.506 e. The van der Waals surface area contributed by atoms with E-state index in [9.17, 15) is 9.90 Å². The first-order chi connectivity index (χ1) is 11.4. The van der Waals surface area contributed by atoms with Gasteiger partial charge in [-0.15, -0.1) is 0 Å². The fourth-order valence-electron chi connectivity index (χ4n) is 2.59. The summed E-state index contributed by atoms with van der Waals surface area (Å²) < 4.78 is 12.0. The second-order valence-electron chi connectivity index (χ2n) is 5.25. The van der Waals surface area contributed by atoms with E-state index in [1.165, 1.54) is 0 Å². The highest BCUT2D eigenvalue weighted by Crippen LogP contribution is 2.38. The predicted molar refractivity (Wildman–Crippen MR) is 99.4 cm³/mol. The Hall–Kier alpha value is -1.79. The number of fused-ring (bicyclic) bond motifs is 1. The Labute approximate surface area is 155 Å². The second kappa shape index (κ2) is 6.61. The van der Waals surface area contributed by atoms with Crippen molar-refractivity contribution in [3.05, 3.63) is 50.6 Å². The third-order valence-corrected chi connectivity index (χ3v) is 4.90. The number of benzene rings is 2. The minimum Gasteiger partial charge on any atom is -0.506 e. The molecular weight excluding hydrogens is 440 g/mol. The molecule has 3 aromatic rings. The van der Waals surface area contributed by atoms with Crippen molar-refractivity contribution < 1.29 is 19.1 Å². The molecule has 0 radical (unpaired) electrons. The number of aromatic hydroxyl groups is 1. The molecule has 4 nitrogen and oxygen atoms in total. The minimum absolute atomic E-state index is 0.151. The fraction of sp³-hybridized carbons (Fsp3) is 0.167. The minimum atomic E-state index is -0.378. The fourth-order valence-corrected chi connectivity index (χ4v) is 3.77. The topological polar surface area (TPSA) is 59.7 Å². The Kier molecular flexibility index (Phi) is 4.69. The lowest BCUT2D eigenvalue weighted by atomic mass is 10.0.